The first kappa shape index (κ1) is 19.4. The van der Waals surface area contributed by atoms with Crippen LogP contribution in [-0.2, 0) is 9.59 Å². The molecule has 7 nitrogen and oxygen atoms in total. The number of hydrogen-bond donors (Lipinski definition) is 3. The highest BCUT2D eigenvalue weighted by atomic mass is 35.5. The highest BCUT2D eigenvalue weighted by Crippen LogP contribution is 2.67. The minimum Gasteiger partial charge on any atom is -0.484 e. The van der Waals surface area contributed by atoms with Gasteiger partial charge in [-0.1, -0.05) is 11.6 Å². The predicted octanol–water partition coefficient (Wildman–Crippen LogP) is 0.874. The van der Waals surface area contributed by atoms with E-state index in [1.54, 1.807) is 0 Å². The van der Waals surface area contributed by atoms with Gasteiger partial charge in [0.15, 0.2) is 6.61 Å². The van der Waals surface area contributed by atoms with Gasteiger partial charge in [-0.15, -0.1) is 0 Å². The van der Waals surface area contributed by atoms with Gasteiger partial charge in [0.05, 0.1) is 16.6 Å². The number of nitrogens with one attached hydrogen (secondary N) is 3. The van der Waals surface area contributed by atoms with Crippen molar-refractivity contribution in [2.45, 2.75) is 31.0 Å². The van der Waals surface area contributed by atoms with Crippen LogP contribution in [0.15, 0.2) is 18.2 Å². The molecule has 1 aromatic carbocycles. The quantitative estimate of drug-likeness (QED) is 0.621. The maximum atomic E-state index is 13.4. The number of ether oxygens (including phenoxy) is 1. The van der Waals surface area contributed by atoms with Crippen LogP contribution in [0.25, 0.3) is 0 Å². The van der Waals surface area contributed by atoms with E-state index in [0.717, 1.165) is 19.2 Å². The predicted molar refractivity (Wildman–Crippen MR) is 101 cm³/mol. The molecule has 0 radical (unpaired) electrons. The van der Waals surface area contributed by atoms with Gasteiger partial charge in [0.25, 0.3) is 5.91 Å². The van der Waals surface area contributed by atoms with Crippen LogP contribution in [0.4, 0.5) is 4.39 Å². The van der Waals surface area contributed by atoms with Crippen molar-refractivity contribution in [3.05, 3.63) is 29.0 Å². The van der Waals surface area contributed by atoms with Gasteiger partial charge in [-0.3, -0.25) is 19.8 Å². The standard InChI is InChI=1S/C19H24ClFN4O3/c1-25-5-4-22-15(25)7-23-17(27)18-9-19(10-18,11-18)24-16(26)8-28-12-2-3-13(20)14(21)6-12/h2-3,6,15,22H,4-5,7-11H2,1H3,(H,23,27)(H,24,26). The average Bonchev–Trinajstić information content (AvgIpc) is 3.00. The SMILES string of the molecule is CN1CCNC1CNC(=O)C12CC(NC(=O)COc3ccc(Cl)c(F)c3)(C1)C2. The number of hydrogen-bond acceptors (Lipinski definition) is 5. The number of carbonyl (C=O) groups excluding carboxylic acids is 2. The van der Waals surface area contributed by atoms with E-state index in [4.69, 9.17) is 16.3 Å². The first-order chi connectivity index (χ1) is 13.3. The van der Waals surface area contributed by atoms with E-state index in [2.05, 4.69) is 20.9 Å². The van der Waals surface area contributed by atoms with Gasteiger partial charge in [-0.05, 0) is 38.4 Å². The number of benzene rings is 1. The highest BCUT2D eigenvalue weighted by Gasteiger charge is 2.72. The van der Waals surface area contributed by atoms with Crippen LogP contribution in [-0.4, -0.2) is 61.7 Å². The molecule has 1 heterocycles. The van der Waals surface area contributed by atoms with Crippen LogP contribution in [0.2, 0.25) is 5.02 Å². The number of rotatable bonds is 7. The summed E-state index contributed by atoms with van der Waals surface area (Å²) in [6.07, 6.45) is 2.14. The van der Waals surface area contributed by atoms with E-state index in [-0.39, 0.29) is 46.3 Å². The number of halogens is 2. The molecule has 152 valence electrons. The summed E-state index contributed by atoms with van der Waals surface area (Å²) in [6.45, 7) is 2.29. The van der Waals surface area contributed by atoms with Crippen molar-refractivity contribution in [2.75, 3.05) is 33.3 Å². The fraction of sp³-hybridized carbons (Fsp3) is 0.579. The van der Waals surface area contributed by atoms with Crippen LogP contribution in [0.1, 0.15) is 19.3 Å². The van der Waals surface area contributed by atoms with Crippen LogP contribution in [0, 0.1) is 11.2 Å². The van der Waals surface area contributed by atoms with E-state index in [1.165, 1.54) is 12.1 Å². The number of likely N-dealkylation sites (N-methyl/N-ethyl adjacent to an activating group) is 1. The third-order valence-corrected chi connectivity index (χ3v) is 6.32. The molecular formula is C19H24ClFN4O3. The van der Waals surface area contributed by atoms with Gasteiger partial charge in [0.1, 0.15) is 11.6 Å². The molecule has 2 amide bonds. The zero-order valence-electron chi connectivity index (χ0n) is 15.7. The molecule has 9 heteroatoms. The highest BCUT2D eigenvalue weighted by molar-refractivity contribution is 6.30. The van der Waals surface area contributed by atoms with Crippen molar-refractivity contribution in [3.63, 3.8) is 0 Å². The Hall–Kier alpha value is -1.90. The Bertz CT molecular complexity index is 786. The molecule has 3 saturated carbocycles. The molecule has 3 N–H and O–H groups in total. The fourth-order valence-corrected chi connectivity index (χ4v) is 4.65. The average molecular weight is 411 g/mol. The monoisotopic (exact) mass is 410 g/mol. The van der Waals surface area contributed by atoms with Gasteiger partial charge in [0.2, 0.25) is 5.91 Å². The molecule has 0 aromatic heterocycles. The number of amides is 2. The lowest BCUT2D eigenvalue weighted by Gasteiger charge is -2.69. The van der Waals surface area contributed by atoms with Crippen molar-refractivity contribution >= 4 is 23.4 Å². The summed E-state index contributed by atoms with van der Waals surface area (Å²) in [6, 6.07) is 4.04. The minimum absolute atomic E-state index is 0.00426. The van der Waals surface area contributed by atoms with Crippen molar-refractivity contribution in [1.82, 2.24) is 20.9 Å². The second-order valence-corrected chi connectivity index (χ2v) is 8.57. The van der Waals surface area contributed by atoms with Crippen molar-refractivity contribution in [3.8, 4) is 5.75 Å². The lowest BCUT2D eigenvalue weighted by atomic mass is 9.39. The summed E-state index contributed by atoms with van der Waals surface area (Å²) in [4.78, 5) is 26.8. The molecular weight excluding hydrogens is 387 g/mol. The summed E-state index contributed by atoms with van der Waals surface area (Å²) in [5, 5.41) is 9.33. The summed E-state index contributed by atoms with van der Waals surface area (Å²) in [5.74, 6) is -0.554. The molecule has 4 aliphatic rings. The maximum absolute atomic E-state index is 13.4. The molecule has 2 bridgehead atoms. The van der Waals surface area contributed by atoms with E-state index < -0.39 is 5.82 Å². The van der Waals surface area contributed by atoms with Crippen LogP contribution < -0.4 is 20.7 Å². The zero-order valence-corrected chi connectivity index (χ0v) is 16.4. The first-order valence-corrected chi connectivity index (χ1v) is 9.80. The lowest BCUT2D eigenvalue weighted by molar-refractivity contribution is -0.184. The first-order valence-electron chi connectivity index (χ1n) is 9.42. The second kappa shape index (κ2) is 7.17. The Morgan fingerprint density at radius 1 is 1.39 bits per heavy atom. The van der Waals surface area contributed by atoms with Gasteiger partial charge in [-0.25, -0.2) is 4.39 Å². The zero-order chi connectivity index (χ0) is 19.9. The smallest absolute Gasteiger partial charge is 0.258 e. The summed E-state index contributed by atoms with van der Waals surface area (Å²) >= 11 is 5.62. The summed E-state index contributed by atoms with van der Waals surface area (Å²) in [7, 11) is 2.03. The van der Waals surface area contributed by atoms with Crippen LogP contribution in [0.5, 0.6) is 5.75 Å². The summed E-state index contributed by atoms with van der Waals surface area (Å²) in [5.41, 5.74) is -0.643. The molecule has 1 atom stereocenters. The lowest BCUT2D eigenvalue weighted by Crippen LogP contribution is -2.78. The third kappa shape index (κ3) is 3.56. The van der Waals surface area contributed by atoms with Gasteiger partial charge in [0, 0.05) is 31.2 Å². The molecule has 0 spiro atoms. The number of carbonyl (C=O) groups is 2. The molecule has 3 aliphatic carbocycles. The fourth-order valence-electron chi connectivity index (χ4n) is 4.53. The van der Waals surface area contributed by atoms with Crippen LogP contribution >= 0.6 is 11.6 Å². The molecule has 1 aliphatic heterocycles. The molecule has 1 saturated heterocycles. The molecule has 28 heavy (non-hydrogen) atoms. The Labute approximate surface area is 167 Å². The Balaban J connectivity index is 1.19. The second-order valence-electron chi connectivity index (χ2n) is 8.16. The van der Waals surface area contributed by atoms with E-state index in [0.29, 0.717) is 25.8 Å². The maximum Gasteiger partial charge on any atom is 0.258 e. The molecule has 4 fully saturated rings. The van der Waals surface area contributed by atoms with Crippen molar-refractivity contribution in [2.24, 2.45) is 5.41 Å². The largest absolute Gasteiger partial charge is 0.484 e. The Morgan fingerprint density at radius 3 is 2.79 bits per heavy atom. The molecule has 1 unspecified atom stereocenters. The minimum atomic E-state index is -0.592. The van der Waals surface area contributed by atoms with Gasteiger partial charge < -0.3 is 15.4 Å². The number of nitrogens with zero attached hydrogens (tertiary/aromatic N) is 1. The van der Waals surface area contributed by atoms with Crippen LogP contribution in [0.3, 0.4) is 0 Å². The normalized spacial score (nSPS) is 30.9. The summed E-state index contributed by atoms with van der Waals surface area (Å²) < 4.78 is 18.7. The topological polar surface area (TPSA) is 82.7 Å². The van der Waals surface area contributed by atoms with E-state index in [9.17, 15) is 14.0 Å². The third-order valence-electron chi connectivity index (χ3n) is 6.01. The van der Waals surface area contributed by atoms with E-state index in [1.807, 2.05) is 7.05 Å². The van der Waals surface area contributed by atoms with Gasteiger partial charge >= 0.3 is 0 Å². The van der Waals surface area contributed by atoms with E-state index >= 15 is 0 Å². The Kier molecular flexibility index (Phi) is 4.97. The Morgan fingerprint density at radius 2 is 2.14 bits per heavy atom. The van der Waals surface area contributed by atoms with Gasteiger partial charge in [-0.2, -0.15) is 0 Å². The molecule has 5 rings (SSSR count). The molecule has 1 aromatic rings. The van der Waals surface area contributed by atoms with Crippen molar-refractivity contribution < 1.29 is 18.7 Å². The van der Waals surface area contributed by atoms with Crippen molar-refractivity contribution in [1.29, 1.82) is 0 Å².